The first-order valence-corrected chi connectivity index (χ1v) is 6.46. The topological polar surface area (TPSA) is 138 Å². The van der Waals surface area contributed by atoms with Crippen molar-refractivity contribution in [1.29, 1.82) is 0 Å². The highest BCUT2D eigenvalue weighted by Crippen LogP contribution is 2.22. The maximum Gasteiger partial charge on any atom is 0.322 e. The van der Waals surface area contributed by atoms with E-state index in [1.165, 1.54) is 0 Å². The summed E-state index contributed by atoms with van der Waals surface area (Å²) in [7, 11) is 0. The van der Waals surface area contributed by atoms with E-state index in [0.29, 0.717) is 17.4 Å². The van der Waals surface area contributed by atoms with E-state index in [2.05, 4.69) is 20.0 Å². The van der Waals surface area contributed by atoms with Gasteiger partial charge < -0.3 is 21.9 Å². The molecule has 0 aliphatic carbocycles. The molecule has 1 aromatic heterocycles. The second-order valence-corrected chi connectivity index (χ2v) is 4.54. The van der Waals surface area contributed by atoms with Gasteiger partial charge in [-0.15, -0.1) is 0 Å². The third-order valence-corrected chi connectivity index (χ3v) is 2.49. The summed E-state index contributed by atoms with van der Waals surface area (Å²) in [6.45, 7) is 3.76. The van der Waals surface area contributed by atoms with Crippen LogP contribution in [-0.4, -0.2) is 21.9 Å². The quantitative estimate of drug-likeness (QED) is 0.573. The number of benzene rings is 1. The molecule has 6 N–H and O–H groups in total. The first-order chi connectivity index (χ1) is 10.4. The second-order valence-electron chi connectivity index (χ2n) is 4.54. The summed E-state index contributed by atoms with van der Waals surface area (Å²) in [4.78, 5) is 16.1. The fraction of sp³-hybridized carbons (Fsp3) is 0.143. The van der Waals surface area contributed by atoms with E-state index in [1.54, 1.807) is 24.3 Å². The smallest absolute Gasteiger partial charge is 0.322 e. The third kappa shape index (κ3) is 4.44. The molecule has 0 atom stereocenters. The predicted octanol–water partition coefficient (Wildman–Crippen LogP) is 1.11. The first-order valence-electron chi connectivity index (χ1n) is 6.46. The van der Waals surface area contributed by atoms with Crippen LogP contribution in [0.2, 0.25) is 0 Å². The van der Waals surface area contributed by atoms with Crippen LogP contribution in [0.5, 0.6) is 11.8 Å². The Labute approximate surface area is 127 Å². The molecule has 2 rings (SSSR count). The molecule has 0 amide bonds. The van der Waals surface area contributed by atoms with Crippen molar-refractivity contribution >= 4 is 17.6 Å². The molecule has 1 heterocycles. The molecule has 2 aromatic rings. The Balaban J connectivity index is 2.14. The minimum absolute atomic E-state index is 0.0219. The summed E-state index contributed by atoms with van der Waals surface area (Å²) in [6, 6.07) is 9.05. The summed E-state index contributed by atoms with van der Waals surface area (Å²) >= 11 is 0. The van der Waals surface area contributed by atoms with Crippen molar-refractivity contribution in [3.8, 4) is 11.8 Å². The zero-order valence-corrected chi connectivity index (χ0v) is 12.3. The monoisotopic (exact) mass is 299 g/mol. The first kappa shape index (κ1) is 15.2. The molecule has 0 radical (unpaired) electrons. The molecule has 0 saturated heterocycles. The number of nitrogens with two attached hydrogens (primary N) is 3. The van der Waals surface area contributed by atoms with Crippen LogP contribution in [0.3, 0.4) is 0 Å². The number of aromatic nitrogens is 2. The van der Waals surface area contributed by atoms with Gasteiger partial charge in [0.1, 0.15) is 5.75 Å². The summed E-state index contributed by atoms with van der Waals surface area (Å²) in [5.74, 6) is 0.420. The molecule has 0 spiro atoms. The van der Waals surface area contributed by atoms with E-state index in [-0.39, 0.29) is 11.9 Å². The lowest BCUT2D eigenvalue weighted by Gasteiger charge is -2.05. The molecule has 0 unspecified atom stereocenters. The van der Waals surface area contributed by atoms with E-state index in [4.69, 9.17) is 21.9 Å². The molecule has 1 aromatic carbocycles. The minimum atomic E-state index is -0.145. The molecule has 0 bridgehead atoms. The number of hydrogen-bond donors (Lipinski definition) is 3. The summed E-state index contributed by atoms with van der Waals surface area (Å²) < 4.78 is 5.60. The number of ether oxygens (including phenoxy) is 1. The van der Waals surface area contributed by atoms with Gasteiger partial charge in [-0.2, -0.15) is 4.99 Å². The van der Waals surface area contributed by atoms with Gasteiger partial charge >= 0.3 is 6.01 Å². The zero-order chi connectivity index (χ0) is 16.1. The van der Waals surface area contributed by atoms with Crippen LogP contribution in [0.4, 0.5) is 5.69 Å². The third-order valence-electron chi connectivity index (χ3n) is 2.49. The number of aryl methyl sites for hydroxylation is 2. The molecular weight excluding hydrogens is 282 g/mol. The second kappa shape index (κ2) is 6.53. The summed E-state index contributed by atoms with van der Waals surface area (Å²) in [6.07, 6.45) is 0. The van der Waals surface area contributed by atoms with E-state index in [1.807, 2.05) is 19.9 Å². The SMILES string of the molecule is Cc1cc(C)nc(Oc2ccc(N=C(N)N=C(N)N)cc2)n1. The van der Waals surface area contributed by atoms with E-state index in [0.717, 1.165) is 11.4 Å². The molecule has 0 fully saturated rings. The number of nitrogens with zero attached hydrogens (tertiary/aromatic N) is 4. The van der Waals surface area contributed by atoms with Crippen LogP contribution in [0, 0.1) is 13.8 Å². The Hall–Kier alpha value is -3.16. The zero-order valence-electron chi connectivity index (χ0n) is 12.3. The molecule has 114 valence electrons. The minimum Gasteiger partial charge on any atom is -0.424 e. The number of guanidine groups is 2. The fourth-order valence-corrected chi connectivity index (χ4v) is 1.72. The van der Waals surface area contributed by atoms with Gasteiger partial charge in [0.15, 0.2) is 5.96 Å². The molecule has 8 nitrogen and oxygen atoms in total. The van der Waals surface area contributed by atoms with Gasteiger partial charge in [0, 0.05) is 11.4 Å². The van der Waals surface area contributed by atoms with Gasteiger partial charge in [-0.05, 0) is 44.2 Å². The predicted molar refractivity (Wildman–Crippen MR) is 85.1 cm³/mol. The standard InChI is InChI=1S/C14H17N7O/c1-8-7-9(2)19-14(18-8)22-11-5-3-10(4-6-11)20-13(17)21-12(15)16/h3-7H,1-2H3,(H6,15,16,17,20,21). The number of aliphatic imine (C=N–C) groups is 2. The molecule has 0 saturated carbocycles. The lowest BCUT2D eigenvalue weighted by atomic mass is 10.3. The summed E-state index contributed by atoms with van der Waals surface area (Å²) in [5.41, 5.74) is 18.3. The van der Waals surface area contributed by atoms with E-state index >= 15 is 0 Å². The lowest BCUT2D eigenvalue weighted by Crippen LogP contribution is -2.26. The van der Waals surface area contributed by atoms with Gasteiger partial charge in [-0.25, -0.2) is 15.0 Å². The van der Waals surface area contributed by atoms with Crippen molar-refractivity contribution in [2.24, 2.45) is 27.2 Å². The Morgan fingerprint density at radius 3 is 2.14 bits per heavy atom. The largest absolute Gasteiger partial charge is 0.424 e. The average molecular weight is 299 g/mol. The van der Waals surface area contributed by atoms with Crippen LogP contribution in [0.1, 0.15) is 11.4 Å². The molecular formula is C14H17N7O. The van der Waals surface area contributed by atoms with Crippen LogP contribution in [0.25, 0.3) is 0 Å². The van der Waals surface area contributed by atoms with Gasteiger partial charge in [-0.1, -0.05) is 0 Å². The normalized spacial score (nSPS) is 11.1. The van der Waals surface area contributed by atoms with E-state index in [9.17, 15) is 0 Å². The fourth-order valence-electron chi connectivity index (χ4n) is 1.72. The number of hydrogen-bond acceptors (Lipinski definition) is 4. The Bertz CT molecular complexity index is 698. The average Bonchev–Trinajstić information content (AvgIpc) is 2.39. The highest BCUT2D eigenvalue weighted by atomic mass is 16.5. The maximum absolute atomic E-state index is 5.60. The van der Waals surface area contributed by atoms with Crippen LogP contribution < -0.4 is 21.9 Å². The van der Waals surface area contributed by atoms with Crippen molar-refractivity contribution in [3.05, 3.63) is 41.7 Å². The Morgan fingerprint density at radius 2 is 1.59 bits per heavy atom. The molecule has 0 aliphatic heterocycles. The van der Waals surface area contributed by atoms with Gasteiger partial charge in [0.05, 0.1) is 5.69 Å². The van der Waals surface area contributed by atoms with Gasteiger partial charge in [-0.3, -0.25) is 0 Å². The van der Waals surface area contributed by atoms with Gasteiger partial charge in [0.25, 0.3) is 0 Å². The summed E-state index contributed by atoms with van der Waals surface area (Å²) in [5, 5.41) is 0. The maximum atomic E-state index is 5.60. The van der Waals surface area contributed by atoms with Crippen LogP contribution in [-0.2, 0) is 0 Å². The Morgan fingerprint density at radius 1 is 1.00 bits per heavy atom. The molecule has 0 aliphatic rings. The number of rotatable bonds is 3. The van der Waals surface area contributed by atoms with Crippen molar-refractivity contribution in [2.45, 2.75) is 13.8 Å². The molecule has 22 heavy (non-hydrogen) atoms. The highest BCUT2D eigenvalue weighted by Gasteiger charge is 2.03. The molecule has 8 heteroatoms. The van der Waals surface area contributed by atoms with Crippen LogP contribution in [0.15, 0.2) is 40.3 Å². The van der Waals surface area contributed by atoms with Gasteiger partial charge in [0.2, 0.25) is 5.96 Å². The Kier molecular flexibility index (Phi) is 4.52. The van der Waals surface area contributed by atoms with Crippen molar-refractivity contribution < 1.29 is 4.74 Å². The lowest BCUT2D eigenvalue weighted by molar-refractivity contribution is 0.439. The van der Waals surface area contributed by atoms with Crippen molar-refractivity contribution in [1.82, 2.24) is 9.97 Å². The van der Waals surface area contributed by atoms with E-state index < -0.39 is 0 Å². The highest BCUT2D eigenvalue weighted by molar-refractivity contribution is 5.93. The van der Waals surface area contributed by atoms with Crippen LogP contribution >= 0.6 is 0 Å². The van der Waals surface area contributed by atoms with Crippen molar-refractivity contribution in [2.75, 3.05) is 0 Å². The van der Waals surface area contributed by atoms with Crippen molar-refractivity contribution in [3.63, 3.8) is 0 Å².